The van der Waals surface area contributed by atoms with E-state index in [0.717, 1.165) is 24.1 Å². The molecule has 33 heavy (non-hydrogen) atoms. The first kappa shape index (κ1) is 21.5. The van der Waals surface area contributed by atoms with Crippen LogP contribution in [0.2, 0.25) is 0 Å². The fraction of sp³-hybridized carbons (Fsp3) is 0.292. The number of aromatic nitrogens is 3. The number of anilines is 1. The minimum Gasteiger partial charge on any atom is -0.493 e. The molecule has 0 spiro atoms. The van der Waals surface area contributed by atoms with Crippen LogP contribution in [0.1, 0.15) is 36.4 Å². The number of thioether (sulfide) groups is 1. The number of hydrogen-bond acceptors (Lipinski definition) is 7. The third kappa shape index (κ3) is 3.97. The zero-order valence-corrected chi connectivity index (χ0v) is 19.1. The predicted molar refractivity (Wildman–Crippen MR) is 123 cm³/mol. The van der Waals surface area contributed by atoms with E-state index in [0.29, 0.717) is 45.9 Å². The van der Waals surface area contributed by atoms with E-state index in [1.807, 2.05) is 24.3 Å². The summed E-state index contributed by atoms with van der Waals surface area (Å²) in [5.74, 6) is 2.01. The molecule has 1 N–H and O–H groups in total. The van der Waals surface area contributed by atoms with Gasteiger partial charge in [0.1, 0.15) is 11.9 Å². The van der Waals surface area contributed by atoms with Crippen molar-refractivity contribution in [2.24, 2.45) is 0 Å². The molecule has 7 nitrogen and oxygen atoms in total. The number of hydrogen-bond donors (Lipinski definition) is 1. The van der Waals surface area contributed by atoms with E-state index in [4.69, 9.17) is 14.6 Å². The average molecular weight is 467 g/mol. The van der Waals surface area contributed by atoms with Crippen molar-refractivity contribution < 1.29 is 18.7 Å². The number of nitrogens with zero attached hydrogens (tertiary/aromatic N) is 3. The third-order valence-electron chi connectivity index (χ3n) is 5.89. The van der Waals surface area contributed by atoms with Crippen LogP contribution in [0.4, 0.5) is 10.3 Å². The van der Waals surface area contributed by atoms with Gasteiger partial charge in [-0.25, -0.2) is 9.07 Å². The standard InChI is InChI=1S/C24H23FN4O3S/c1-31-19-11-10-14(12-20(19)32-2)22-21-17(8-5-9-18(21)30)26-23-27-24(28-29(22)23)33-13-15-6-3-4-7-16(15)25/h3-4,6-7,10-12,22H,5,8-9,13H2,1-2H3,(H,26,27,28)/t22-/m0/s1. The van der Waals surface area contributed by atoms with Crippen LogP contribution >= 0.6 is 11.8 Å². The maximum Gasteiger partial charge on any atom is 0.227 e. The van der Waals surface area contributed by atoms with Crippen molar-refractivity contribution >= 4 is 23.5 Å². The lowest BCUT2D eigenvalue weighted by atomic mass is 9.85. The molecule has 1 atom stereocenters. The number of methoxy groups -OCH3 is 2. The van der Waals surface area contributed by atoms with Gasteiger partial charge in [0.15, 0.2) is 17.3 Å². The molecule has 0 unspecified atom stereocenters. The Labute approximate surface area is 195 Å². The Morgan fingerprint density at radius 2 is 1.97 bits per heavy atom. The number of nitrogens with one attached hydrogen (secondary N) is 1. The number of Topliss-reactive ketones (excluding diaryl/α,β-unsaturated/α-hetero) is 1. The number of allylic oxidation sites excluding steroid dienone is 2. The van der Waals surface area contributed by atoms with Gasteiger partial charge in [-0.3, -0.25) is 4.79 Å². The Bertz CT molecular complexity index is 1260. The molecule has 1 aromatic heterocycles. The predicted octanol–water partition coefficient (Wildman–Crippen LogP) is 4.75. The lowest BCUT2D eigenvalue weighted by molar-refractivity contribution is -0.116. The molecular weight excluding hydrogens is 443 g/mol. The van der Waals surface area contributed by atoms with E-state index >= 15 is 0 Å². The molecule has 3 aromatic rings. The van der Waals surface area contributed by atoms with Crippen LogP contribution in [0, 0.1) is 5.82 Å². The van der Waals surface area contributed by atoms with E-state index in [1.54, 1.807) is 31.0 Å². The second-order valence-corrected chi connectivity index (χ2v) is 8.80. The molecule has 9 heteroatoms. The van der Waals surface area contributed by atoms with E-state index in [-0.39, 0.29) is 11.6 Å². The zero-order chi connectivity index (χ0) is 22.9. The molecule has 170 valence electrons. The molecule has 0 saturated heterocycles. The van der Waals surface area contributed by atoms with Gasteiger partial charge in [0.2, 0.25) is 11.1 Å². The number of ketones is 1. The molecule has 0 radical (unpaired) electrons. The van der Waals surface area contributed by atoms with Gasteiger partial charge >= 0.3 is 0 Å². The first-order valence-electron chi connectivity index (χ1n) is 10.7. The number of carbonyl (C=O) groups is 1. The summed E-state index contributed by atoms with van der Waals surface area (Å²) in [6.45, 7) is 0. The fourth-order valence-electron chi connectivity index (χ4n) is 4.29. The highest BCUT2D eigenvalue weighted by Crippen LogP contribution is 2.42. The van der Waals surface area contributed by atoms with E-state index < -0.39 is 6.04 Å². The summed E-state index contributed by atoms with van der Waals surface area (Å²) in [4.78, 5) is 17.6. The number of benzene rings is 2. The summed E-state index contributed by atoms with van der Waals surface area (Å²) >= 11 is 1.36. The van der Waals surface area contributed by atoms with Gasteiger partial charge in [-0.05, 0) is 42.2 Å². The van der Waals surface area contributed by atoms with Crippen molar-refractivity contribution in [2.45, 2.75) is 36.2 Å². The Hall–Kier alpha value is -3.33. The van der Waals surface area contributed by atoms with Crippen molar-refractivity contribution in [1.82, 2.24) is 14.8 Å². The normalized spacial score (nSPS) is 17.3. The highest BCUT2D eigenvalue weighted by molar-refractivity contribution is 7.98. The minimum absolute atomic E-state index is 0.102. The van der Waals surface area contributed by atoms with Gasteiger partial charge in [-0.15, -0.1) is 5.10 Å². The van der Waals surface area contributed by atoms with Crippen LogP contribution in [0.3, 0.4) is 0 Å². The summed E-state index contributed by atoms with van der Waals surface area (Å²) < 4.78 is 26.7. The molecule has 2 aromatic carbocycles. The quantitative estimate of drug-likeness (QED) is 0.525. The largest absolute Gasteiger partial charge is 0.493 e. The third-order valence-corrected chi connectivity index (χ3v) is 6.77. The van der Waals surface area contributed by atoms with E-state index in [2.05, 4.69) is 10.3 Å². The maximum absolute atomic E-state index is 14.0. The van der Waals surface area contributed by atoms with E-state index in [1.165, 1.54) is 17.8 Å². The smallest absolute Gasteiger partial charge is 0.227 e. The van der Waals surface area contributed by atoms with Gasteiger partial charge in [0.05, 0.1) is 14.2 Å². The topological polar surface area (TPSA) is 78.3 Å². The van der Waals surface area contributed by atoms with Gasteiger partial charge in [-0.2, -0.15) is 4.98 Å². The zero-order valence-electron chi connectivity index (χ0n) is 18.3. The van der Waals surface area contributed by atoms with Crippen molar-refractivity contribution in [3.05, 3.63) is 70.7 Å². The lowest BCUT2D eigenvalue weighted by Gasteiger charge is -2.32. The first-order chi connectivity index (χ1) is 16.1. The first-order valence-corrected chi connectivity index (χ1v) is 11.7. The van der Waals surface area contributed by atoms with Gasteiger partial charge in [0, 0.05) is 23.4 Å². The SMILES string of the molecule is COc1ccc([C@H]2C3=C(CCCC3=O)Nc3nc(SCc4ccccc4F)nn32)cc1OC. The van der Waals surface area contributed by atoms with E-state index in [9.17, 15) is 9.18 Å². The second kappa shape index (κ2) is 8.90. The minimum atomic E-state index is -0.431. The van der Waals surface area contributed by atoms with Gasteiger partial charge in [0.25, 0.3) is 0 Å². The average Bonchev–Trinajstić information content (AvgIpc) is 3.24. The van der Waals surface area contributed by atoms with Crippen molar-refractivity contribution in [3.63, 3.8) is 0 Å². The molecule has 0 saturated carbocycles. The Morgan fingerprint density at radius 3 is 2.76 bits per heavy atom. The molecule has 1 aliphatic carbocycles. The number of halogens is 1. The summed E-state index contributed by atoms with van der Waals surface area (Å²) in [6.07, 6.45) is 2.07. The number of carbonyl (C=O) groups excluding carboxylic acids is 1. The molecule has 5 rings (SSSR count). The molecule has 0 bridgehead atoms. The van der Waals surface area contributed by atoms with Crippen LogP contribution in [-0.4, -0.2) is 34.8 Å². The molecule has 2 aliphatic rings. The lowest BCUT2D eigenvalue weighted by Crippen LogP contribution is -2.31. The number of fused-ring (bicyclic) bond motifs is 1. The summed E-state index contributed by atoms with van der Waals surface area (Å²) in [5, 5.41) is 8.53. The van der Waals surface area contributed by atoms with Crippen molar-refractivity contribution in [3.8, 4) is 11.5 Å². The summed E-state index contributed by atoms with van der Waals surface area (Å²) in [5.41, 5.74) is 3.04. The molecule has 1 aliphatic heterocycles. The Kier molecular flexibility index (Phi) is 5.80. The Balaban J connectivity index is 1.54. The highest BCUT2D eigenvalue weighted by Gasteiger charge is 2.37. The Morgan fingerprint density at radius 1 is 1.15 bits per heavy atom. The summed E-state index contributed by atoms with van der Waals surface area (Å²) in [7, 11) is 3.17. The second-order valence-electron chi connectivity index (χ2n) is 7.85. The number of rotatable bonds is 6. The molecule has 0 fully saturated rings. The van der Waals surface area contributed by atoms with Gasteiger partial charge in [-0.1, -0.05) is 36.0 Å². The van der Waals surface area contributed by atoms with Gasteiger partial charge < -0.3 is 14.8 Å². The van der Waals surface area contributed by atoms with Crippen LogP contribution in [0.15, 0.2) is 58.9 Å². The molecule has 2 heterocycles. The van der Waals surface area contributed by atoms with Crippen molar-refractivity contribution in [1.29, 1.82) is 0 Å². The summed E-state index contributed by atoms with van der Waals surface area (Å²) in [6, 6.07) is 11.9. The molecule has 0 amide bonds. The van der Waals surface area contributed by atoms with Crippen LogP contribution < -0.4 is 14.8 Å². The van der Waals surface area contributed by atoms with Crippen LogP contribution in [0.25, 0.3) is 0 Å². The molecular formula is C24H23FN4O3S. The maximum atomic E-state index is 14.0. The van der Waals surface area contributed by atoms with Crippen molar-refractivity contribution in [2.75, 3.05) is 19.5 Å². The fourth-order valence-corrected chi connectivity index (χ4v) is 5.10. The number of ether oxygens (including phenoxy) is 2. The van der Waals surface area contributed by atoms with Crippen LogP contribution in [-0.2, 0) is 10.5 Å². The monoisotopic (exact) mass is 466 g/mol. The highest BCUT2D eigenvalue weighted by atomic mass is 32.2. The van der Waals surface area contributed by atoms with Crippen LogP contribution in [0.5, 0.6) is 11.5 Å².